The second-order valence-electron chi connectivity index (χ2n) is 7.23. The van der Waals surface area contributed by atoms with Crippen LogP contribution in [0, 0.1) is 11.8 Å². The standard InChI is InChI=1S/C20H16BrN3O3/c1-10-15-16(18(26)24(17(15)25)12-8-6-11(21)7-9-12)20(23-10)13-4-2-3-5-14(13)22-19(20)27/h2-10,15-16,23H,1H3,(H,22,27). The highest BCUT2D eigenvalue weighted by Gasteiger charge is 2.69. The summed E-state index contributed by atoms with van der Waals surface area (Å²) >= 11 is 3.37. The van der Waals surface area contributed by atoms with Gasteiger partial charge in [-0.2, -0.15) is 0 Å². The fourth-order valence-electron chi connectivity index (χ4n) is 4.76. The van der Waals surface area contributed by atoms with Crippen molar-refractivity contribution >= 4 is 45.0 Å². The highest BCUT2D eigenvalue weighted by atomic mass is 79.9. The first-order chi connectivity index (χ1) is 12.9. The number of hydrogen-bond donors (Lipinski definition) is 2. The van der Waals surface area contributed by atoms with Gasteiger partial charge in [0, 0.05) is 21.8 Å². The third-order valence-corrected chi connectivity index (χ3v) is 6.38. The Hall–Kier alpha value is -2.51. The summed E-state index contributed by atoms with van der Waals surface area (Å²) < 4.78 is 0.862. The number of fused-ring (bicyclic) bond motifs is 4. The van der Waals surface area contributed by atoms with Gasteiger partial charge in [-0.15, -0.1) is 0 Å². The molecule has 2 saturated heterocycles. The van der Waals surface area contributed by atoms with Crippen LogP contribution < -0.4 is 15.5 Å². The van der Waals surface area contributed by atoms with Crippen LogP contribution in [0.4, 0.5) is 11.4 Å². The van der Waals surface area contributed by atoms with Crippen LogP contribution in [0.25, 0.3) is 0 Å². The van der Waals surface area contributed by atoms with Crippen LogP contribution in [-0.4, -0.2) is 23.8 Å². The van der Waals surface area contributed by atoms with Crippen LogP contribution in [0.1, 0.15) is 12.5 Å². The minimum Gasteiger partial charge on any atom is -0.324 e. The van der Waals surface area contributed by atoms with E-state index in [1.807, 2.05) is 31.2 Å². The molecule has 1 spiro atoms. The third kappa shape index (κ3) is 2.01. The lowest BCUT2D eigenvalue weighted by atomic mass is 9.76. The molecule has 3 aliphatic rings. The zero-order chi connectivity index (χ0) is 18.9. The summed E-state index contributed by atoms with van der Waals surface area (Å²) in [6.07, 6.45) is 0. The summed E-state index contributed by atoms with van der Waals surface area (Å²) in [6.45, 7) is 1.86. The van der Waals surface area contributed by atoms with Crippen molar-refractivity contribution in [1.82, 2.24) is 5.32 Å². The summed E-state index contributed by atoms with van der Waals surface area (Å²) in [5.74, 6) is -2.23. The maximum atomic E-state index is 13.4. The molecule has 2 aromatic rings. The number of para-hydroxylation sites is 1. The number of carbonyl (C=O) groups excluding carboxylic acids is 3. The molecule has 3 heterocycles. The molecule has 27 heavy (non-hydrogen) atoms. The minimum atomic E-state index is -1.21. The molecule has 7 heteroatoms. The lowest BCUT2D eigenvalue weighted by Crippen LogP contribution is -2.53. The number of carbonyl (C=O) groups is 3. The number of hydrogen-bond acceptors (Lipinski definition) is 4. The van der Waals surface area contributed by atoms with E-state index in [4.69, 9.17) is 0 Å². The second-order valence-corrected chi connectivity index (χ2v) is 8.15. The zero-order valence-corrected chi connectivity index (χ0v) is 16.0. The molecule has 5 rings (SSSR count). The highest BCUT2D eigenvalue weighted by Crippen LogP contribution is 2.53. The van der Waals surface area contributed by atoms with E-state index in [1.165, 1.54) is 4.90 Å². The highest BCUT2D eigenvalue weighted by molar-refractivity contribution is 9.10. The molecule has 0 aliphatic carbocycles. The molecular weight excluding hydrogens is 410 g/mol. The van der Waals surface area contributed by atoms with Crippen LogP contribution in [0.5, 0.6) is 0 Å². The average Bonchev–Trinajstić information content (AvgIpc) is 3.21. The second kappa shape index (κ2) is 5.50. The van der Waals surface area contributed by atoms with Crippen molar-refractivity contribution < 1.29 is 14.4 Å². The van der Waals surface area contributed by atoms with Crippen molar-refractivity contribution in [3.05, 3.63) is 58.6 Å². The number of rotatable bonds is 1. The zero-order valence-electron chi connectivity index (χ0n) is 14.4. The largest absolute Gasteiger partial charge is 0.324 e. The van der Waals surface area contributed by atoms with Gasteiger partial charge in [-0.05, 0) is 37.3 Å². The number of nitrogens with one attached hydrogen (secondary N) is 2. The van der Waals surface area contributed by atoms with E-state index in [-0.39, 0.29) is 23.8 Å². The summed E-state index contributed by atoms with van der Waals surface area (Å²) in [4.78, 5) is 40.8. The fraction of sp³-hybridized carbons (Fsp3) is 0.250. The summed E-state index contributed by atoms with van der Waals surface area (Å²) in [5, 5.41) is 6.16. The van der Waals surface area contributed by atoms with E-state index in [9.17, 15) is 14.4 Å². The van der Waals surface area contributed by atoms with Gasteiger partial charge in [-0.25, -0.2) is 4.90 Å². The molecule has 0 saturated carbocycles. The maximum Gasteiger partial charge on any atom is 0.250 e. The van der Waals surface area contributed by atoms with Crippen LogP contribution >= 0.6 is 15.9 Å². The van der Waals surface area contributed by atoms with Crippen molar-refractivity contribution in [2.45, 2.75) is 18.5 Å². The van der Waals surface area contributed by atoms with Crippen LogP contribution in [0.2, 0.25) is 0 Å². The van der Waals surface area contributed by atoms with Crippen LogP contribution in [0.15, 0.2) is 53.0 Å². The van der Waals surface area contributed by atoms with Crippen molar-refractivity contribution in [3.63, 3.8) is 0 Å². The molecule has 2 aromatic carbocycles. The molecule has 0 radical (unpaired) electrons. The maximum absolute atomic E-state index is 13.4. The van der Waals surface area contributed by atoms with Gasteiger partial charge in [-0.1, -0.05) is 34.1 Å². The van der Waals surface area contributed by atoms with E-state index >= 15 is 0 Å². The van der Waals surface area contributed by atoms with Crippen LogP contribution in [-0.2, 0) is 19.9 Å². The normalized spacial score (nSPS) is 31.4. The first-order valence-corrected chi connectivity index (χ1v) is 9.56. The molecule has 2 fully saturated rings. The third-order valence-electron chi connectivity index (χ3n) is 5.85. The molecule has 6 nitrogen and oxygen atoms in total. The first-order valence-electron chi connectivity index (χ1n) is 8.77. The Labute approximate surface area is 164 Å². The van der Waals surface area contributed by atoms with E-state index in [0.29, 0.717) is 11.4 Å². The van der Waals surface area contributed by atoms with E-state index < -0.39 is 17.4 Å². The molecule has 0 bridgehead atoms. The van der Waals surface area contributed by atoms with Gasteiger partial charge < -0.3 is 5.32 Å². The number of nitrogens with zero attached hydrogens (tertiary/aromatic N) is 1. The van der Waals surface area contributed by atoms with Crippen molar-refractivity contribution in [1.29, 1.82) is 0 Å². The molecule has 2 N–H and O–H groups in total. The summed E-state index contributed by atoms with van der Waals surface area (Å²) in [5.41, 5.74) is 0.729. The Morgan fingerprint density at radius 1 is 1.00 bits per heavy atom. The van der Waals surface area contributed by atoms with Gasteiger partial charge in [0.2, 0.25) is 17.7 Å². The SMILES string of the molecule is CC1NC2(C(=O)Nc3ccccc32)C2C(=O)N(c3ccc(Br)cc3)C(=O)C12. The van der Waals surface area contributed by atoms with Crippen molar-refractivity contribution in [2.24, 2.45) is 11.8 Å². The fourth-order valence-corrected chi connectivity index (χ4v) is 5.03. The number of halogens is 1. The molecule has 3 amide bonds. The number of benzene rings is 2. The predicted octanol–water partition coefficient (Wildman–Crippen LogP) is 2.39. The smallest absolute Gasteiger partial charge is 0.250 e. The average molecular weight is 426 g/mol. The Morgan fingerprint density at radius 3 is 2.44 bits per heavy atom. The Kier molecular flexibility index (Phi) is 3.39. The molecular formula is C20H16BrN3O3. The quantitative estimate of drug-likeness (QED) is 0.687. The first kappa shape index (κ1) is 16.6. The van der Waals surface area contributed by atoms with Gasteiger partial charge in [-0.3, -0.25) is 19.7 Å². The van der Waals surface area contributed by atoms with Crippen molar-refractivity contribution in [3.8, 4) is 0 Å². The predicted molar refractivity (Wildman–Crippen MR) is 103 cm³/mol. The number of anilines is 2. The Balaban J connectivity index is 1.66. The Morgan fingerprint density at radius 2 is 1.70 bits per heavy atom. The van der Waals surface area contributed by atoms with Gasteiger partial charge in [0.05, 0.1) is 17.5 Å². The van der Waals surface area contributed by atoms with Gasteiger partial charge in [0.15, 0.2) is 0 Å². The van der Waals surface area contributed by atoms with E-state index in [1.54, 1.807) is 24.3 Å². The topological polar surface area (TPSA) is 78.5 Å². The molecule has 4 unspecified atom stereocenters. The van der Waals surface area contributed by atoms with Crippen LogP contribution in [0.3, 0.4) is 0 Å². The van der Waals surface area contributed by atoms with E-state index in [2.05, 4.69) is 26.6 Å². The molecule has 3 aliphatic heterocycles. The summed E-state index contributed by atoms with van der Waals surface area (Å²) in [6, 6.07) is 14.1. The minimum absolute atomic E-state index is 0.263. The summed E-state index contributed by atoms with van der Waals surface area (Å²) in [7, 11) is 0. The number of imide groups is 1. The lowest BCUT2D eigenvalue weighted by Gasteiger charge is -2.29. The van der Waals surface area contributed by atoms with E-state index in [0.717, 1.165) is 10.0 Å². The monoisotopic (exact) mass is 425 g/mol. The Bertz CT molecular complexity index is 1010. The lowest BCUT2D eigenvalue weighted by molar-refractivity contribution is -0.130. The number of amides is 3. The van der Waals surface area contributed by atoms with Gasteiger partial charge >= 0.3 is 0 Å². The molecule has 0 aromatic heterocycles. The van der Waals surface area contributed by atoms with Gasteiger partial charge in [0.1, 0.15) is 5.54 Å². The van der Waals surface area contributed by atoms with Gasteiger partial charge in [0.25, 0.3) is 0 Å². The van der Waals surface area contributed by atoms with Crippen molar-refractivity contribution in [2.75, 3.05) is 10.2 Å². The molecule has 136 valence electrons. The molecule has 4 atom stereocenters.